The van der Waals surface area contributed by atoms with Crippen LogP contribution in [-0.2, 0) is 6.42 Å². The Labute approximate surface area is 99.8 Å². The molecule has 17 heavy (non-hydrogen) atoms. The number of phenols is 1. The number of aromatic nitrogens is 2. The van der Waals surface area contributed by atoms with Crippen molar-refractivity contribution in [1.29, 1.82) is 0 Å². The summed E-state index contributed by atoms with van der Waals surface area (Å²) in [5.41, 5.74) is 4.03. The topological polar surface area (TPSA) is 48.9 Å². The van der Waals surface area contributed by atoms with Gasteiger partial charge in [-0.2, -0.15) is 0 Å². The largest absolute Gasteiger partial charge is 0.507 e. The van der Waals surface area contributed by atoms with Gasteiger partial charge in [0.2, 0.25) is 0 Å². The van der Waals surface area contributed by atoms with Crippen LogP contribution < -0.4 is 0 Å². The van der Waals surface area contributed by atoms with E-state index in [1.807, 2.05) is 25.1 Å². The van der Waals surface area contributed by atoms with Crippen LogP contribution in [0, 0.1) is 6.92 Å². The molecule has 1 heterocycles. The number of H-pyrrole nitrogens is 1. The Morgan fingerprint density at radius 1 is 1.35 bits per heavy atom. The first-order chi connectivity index (χ1) is 8.24. The van der Waals surface area contributed by atoms with E-state index in [4.69, 9.17) is 0 Å². The Hall–Kier alpha value is -2.03. The predicted octanol–water partition coefficient (Wildman–Crippen LogP) is 3.05. The molecule has 3 nitrogen and oxygen atoms in total. The lowest BCUT2D eigenvalue weighted by molar-refractivity contribution is 0.477. The van der Waals surface area contributed by atoms with Gasteiger partial charge >= 0.3 is 0 Å². The maximum absolute atomic E-state index is 9.87. The zero-order chi connectivity index (χ0) is 11.8. The van der Waals surface area contributed by atoms with Crippen molar-refractivity contribution in [2.45, 2.75) is 19.8 Å². The molecule has 1 aliphatic rings. The highest BCUT2D eigenvalue weighted by Crippen LogP contribution is 2.30. The van der Waals surface area contributed by atoms with E-state index in [0.717, 1.165) is 41.2 Å². The fourth-order valence-corrected chi connectivity index (χ4v) is 2.14. The first-order valence-electron chi connectivity index (χ1n) is 5.79. The van der Waals surface area contributed by atoms with Gasteiger partial charge in [-0.05, 0) is 38.0 Å². The van der Waals surface area contributed by atoms with Crippen LogP contribution in [0.3, 0.4) is 0 Å². The van der Waals surface area contributed by atoms with Crippen molar-refractivity contribution in [3.63, 3.8) is 0 Å². The number of imidazole rings is 1. The SMILES string of the molecule is Cc1ccc(O)c(-c2nc3c([nH]2)CCC=C3)c1. The number of allylic oxidation sites excluding steroid dienone is 1. The maximum atomic E-state index is 9.87. The Morgan fingerprint density at radius 3 is 3.06 bits per heavy atom. The van der Waals surface area contributed by atoms with Gasteiger partial charge in [0, 0.05) is 5.69 Å². The molecule has 0 saturated carbocycles. The molecule has 1 aliphatic carbocycles. The zero-order valence-electron chi connectivity index (χ0n) is 9.70. The van der Waals surface area contributed by atoms with Crippen molar-refractivity contribution >= 4 is 6.08 Å². The minimum atomic E-state index is 0.269. The van der Waals surface area contributed by atoms with Crippen LogP contribution in [0.25, 0.3) is 17.5 Å². The fourth-order valence-electron chi connectivity index (χ4n) is 2.14. The number of phenolic OH excluding ortho intramolecular Hbond substituents is 1. The molecule has 0 radical (unpaired) electrons. The van der Waals surface area contributed by atoms with Crippen LogP contribution in [0.4, 0.5) is 0 Å². The summed E-state index contributed by atoms with van der Waals surface area (Å²) in [7, 11) is 0. The smallest absolute Gasteiger partial charge is 0.141 e. The third kappa shape index (κ3) is 1.73. The Kier molecular flexibility index (Phi) is 2.25. The highest BCUT2D eigenvalue weighted by molar-refractivity contribution is 5.67. The molecular weight excluding hydrogens is 212 g/mol. The summed E-state index contributed by atoms with van der Waals surface area (Å²) in [6.45, 7) is 2.01. The summed E-state index contributed by atoms with van der Waals surface area (Å²) in [5, 5.41) is 9.87. The molecule has 0 atom stereocenters. The minimum Gasteiger partial charge on any atom is -0.507 e. The molecule has 0 unspecified atom stereocenters. The summed E-state index contributed by atoms with van der Waals surface area (Å²) >= 11 is 0. The second-order valence-electron chi connectivity index (χ2n) is 4.41. The lowest BCUT2D eigenvalue weighted by Gasteiger charge is -2.02. The van der Waals surface area contributed by atoms with Crippen molar-refractivity contribution in [2.75, 3.05) is 0 Å². The van der Waals surface area contributed by atoms with Gasteiger partial charge in [0.05, 0.1) is 11.3 Å². The molecule has 0 amide bonds. The van der Waals surface area contributed by atoms with E-state index in [0.29, 0.717) is 0 Å². The number of nitrogens with zero attached hydrogens (tertiary/aromatic N) is 1. The van der Waals surface area contributed by atoms with Gasteiger partial charge in [0.15, 0.2) is 0 Å². The van der Waals surface area contributed by atoms with Crippen molar-refractivity contribution in [3.8, 4) is 17.1 Å². The number of aryl methyl sites for hydroxylation is 2. The highest BCUT2D eigenvalue weighted by atomic mass is 16.3. The summed E-state index contributed by atoms with van der Waals surface area (Å²) < 4.78 is 0. The van der Waals surface area contributed by atoms with Gasteiger partial charge < -0.3 is 10.1 Å². The van der Waals surface area contributed by atoms with Crippen LogP contribution in [0.5, 0.6) is 5.75 Å². The monoisotopic (exact) mass is 226 g/mol. The number of hydrogen-bond donors (Lipinski definition) is 2. The number of hydrogen-bond acceptors (Lipinski definition) is 2. The second kappa shape index (κ2) is 3.77. The third-order valence-corrected chi connectivity index (χ3v) is 3.05. The lowest BCUT2D eigenvalue weighted by Crippen LogP contribution is -1.91. The van der Waals surface area contributed by atoms with Crippen LogP contribution in [-0.4, -0.2) is 15.1 Å². The molecule has 0 aliphatic heterocycles. The molecule has 0 spiro atoms. The molecule has 86 valence electrons. The lowest BCUT2D eigenvalue weighted by atomic mass is 10.1. The average molecular weight is 226 g/mol. The summed E-state index contributed by atoms with van der Waals surface area (Å²) in [5.74, 6) is 1.02. The van der Waals surface area contributed by atoms with Crippen LogP contribution in [0.1, 0.15) is 23.4 Å². The molecular formula is C14H14N2O. The number of benzene rings is 1. The van der Waals surface area contributed by atoms with Crippen molar-refractivity contribution in [1.82, 2.24) is 9.97 Å². The molecule has 0 bridgehead atoms. The van der Waals surface area contributed by atoms with E-state index in [9.17, 15) is 5.11 Å². The molecule has 3 heteroatoms. The summed E-state index contributed by atoms with van der Waals surface area (Å²) in [6, 6.07) is 5.55. The number of rotatable bonds is 1. The average Bonchev–Trinajstić information content (AvgIpc) is 2.75. The zero-order valence-corrected chi connectivity index (χ0v) is 9.70. The summed E-state index contributed by atoms with van der Waals surface area (Å²) in [6.07, 6.45) is 6.20. The first kappa shape index (κ1) is 10.1. The molecule has 1 aromatic heterocycles. The van der Waals surface area contributed by atoms with Gasteiger partial charge in [-0.25, -0.2) is 4.98 Å². The Morgan fingerprint density at radius 2 is 2.24 bits per heavy atom. The van der Waals surface area contributed by atoms with Gasteiger partial charge in [-0.3, -0.25) is 0 Å². The second-order valence-corrected chi connectivity index (χ2v) is 4.41. The van der Waals surface area contributed by atoms with E-state index in [1.54, 1.807) is 6.07 Å². The van der Waals surface area contributed by atoms with E-state index in [2.05, 4.69) is 16.0 Å². The van der Waals surface area contributed by atoms with E-state index < -0.39 is 0 Å². The van der Waals surface area contributed by atoms with Crippen molar-refractivity contribution < 1.29 is 5.11 Å². The maximum Gasteiger partial charge on any atom is 0.141 e. The molecule has 2 aromatic rings. The quantitative estimate of drug-likeness (QED) is 0.785. The first-order valence-corrected chi connectivity index (χ1v) is 5.79. The van der Waals surface area contributed by atoms with Gasteiger partial charge in [-0.15, -0.1) is 0 Å². The number of aromatic amines is 1. The molecule has 0 fully saturated rings. The molecule has 1 aromatic carbocycles. The highest BCUT2D eigenvalue weighted by Gasteiger charge is 2.14. The van der Waals surface area contributed by atoms with Crippen molar-refractivity contribution in [3.05, 3.63) is 41.2 Å². The number of aromatic hydroxyl groups is 1. The number of fused-ring (bicyclic) bond motifs is 1. The third-order valence-electron chi connectivity index (χ3n) is 3.05. The van der Waals surface area contributed by atoms with Crippen LogP contribution in [0.15, 0.2) is 24.3 Å². The normalized spacial score (nSPS) is 13.7. The minimum absolute atomic E-state index is 0.269. The Bertz CT molecular complexity index is 596. The van der Waals surface area contributed by atoms with E-state index >= 15 is 0 Å². The Balaban J connectivity index is 2.12. The number of nitrogens with one attached hydrogen (secondary N) is 1. The molecule has 0 saturated heterocycles. The van der Waals surface area contributed by atoms with E-state index in [1.165, 1.54) is 0 Å². The molecule has 2 N–H and O–H groups in total. The van der Waals surface area contributed by atoms with Gasteiger partial charge in [0.25, 0.3) is 0 Å². The van der Waals surface area contributed by atoms with Gasteiger partial charge in [0.1, 0.15) is 11.6 Å². The predicted molar refractivity (Wildman–Crippen MR) is 67.8 cm³/mol. The summed E-state index contributed by atoms with van der Waals surface area (Å²) in [4.78, 5) is 7.82. The van der Waals surface area contributed by atoms with Crippen molar-refractivity contribution in [2.24, 2.45) is 0 Å². The molecule has 3 rings (SSSR count). The fraction of sp³-hybridized carbons (Fsp3) is 0.214. The van der Waals surface area contributed by atoms with Crippen LogP contribution in [0.2, 0.25) is 0 Å². The van der Waals surface area contributed by atoms with Crippen LogP contribution >= 0.6 is 0 Å². The standard InChI is InChI=1S/C14H14N2O/c1-9-6-7-13(17)10(8-9)14-15-11-4-2-3-5-12(11)16-14/h2,4,6-8,17H,3,5H2,1H3,(H,15,16). The van der Waals surface area contributed by atoms with Gasteiger partial charge in [-0.1, -0.05) is 17.7 Å². The van der Waals surface area contributed by atoms with E-state index in [-0.39, 0.29) is 5.75 Å².